The Hall–Kier alpha value is -3.12. The number of amides is 1. The number of aryl methyl sites for hydroxylation is 1. The molecule has 1 amide bonds. The van der Waals surface area contributed by atoms with Crippen LogP contribution in [0.5, 0.6) is 0 Å². The predicted octanol–water partition coefficient (Wildman–Crippen LogP) is 4.01. The highest BCUT2D eigenvalue weighted by atomic mass is 16.2. The van der Waals surface area contributed by atoms with Crippen LogP contribution in [0.1, 0.15) is 37.2 Å². The van der Waals surface area contributed by atoms with Crippen LogP contribution < -0.4 is 0 Å². The molecule has 6 heteroatoms. The molecule has 0 radical (unpaired) electrons. The minimum atomic E-state index is -0.0564. The maximum absolute atomic E-state index is 13.4. The van der Waals surface area contributed by atoms with Gasteiger partial charge in [0.2, 0.25) is 5.91 Å². The van der Waals surface area contributed by atoms with Crippen molar-refractivity contribution >= 4 is 5.91 Å². The van der Waals surface area contributed by atoms with Crippen LogP contribution in [0.3, 0.4) is 0 Å². The molecule has 1 aliphatic heterocycles. The van der Waals surface area contributed by atoms with Crippen LogP contribution in [-0.2, 0) is 24.2 Å². The SMILES string of the molecule is CCCN1CCN(Cc2cnc(CC)nc2)C[C@H](Cc2ccc(-c3cccnc3)cc2)C1=O. The van der Waals surface area contributed by atoms with Crippen molar-refractivity contribution in [3.05, 3.63) is 78.1 Å². The van der Waals surface area contributed by atoms with Crippen LogP contribution in [-0.4, -0.2) is 56.8 Å². The average Bonchev–Trinajstić information content (AvgIpc) is 3.00. The number of hydrogen-bond donors (Lipinski definition) is 0. The largest absolute Gasteiger partial charge is 0.341 e. The first-order valence-electron chi connectivity index (χ1n) is 12.0. The van der Waals surface area contributed by atoms with Gasteiger partial charge >= 0.3 is 0 Å². The van der Waals surface area contributed by atoms with Gasteiger partial charge in [0, 0.05) is 69.5 Å². The number of hydrogen-bond acceptors (Lipinski definition) is 5. The lowest BCUT2D eigenvalue weighted by Crippen LogP contribution is -2.37. The molecule has 0 saturated carbocycles. The first kappa shape index (κ1) is 23.1. The third-order valence-corrected chi connectivity index (χ3v) is 6.23. The van der Waals surface area contributed by atoms with E-state index in [1.165, 1.54) is 5.56 Å². The van der Waals surface area contributed by atoms with Gasteiger partial charge in [-0.2, -0.15) is 0 Å². The molecule has 2 aromatic heterocycles. The van der Waals surface area contributed by atoms with Gasteiger partial charge in [0.1, 0.15) is 5.82 Å². The van der Waals surface area contributed by atoms with Gasteiger partial charge < -0.3 is 4.90 Å². The molecule has 1 aromatic carbocycles. The molecule has 6 nitrogen and oxygen atoms in total. The number of aromatic nitrogens is 3. The lowest BCUT2D eigenvalue weighted by molar-refractivity contribution is -0.134. The third kappa shape index (κ3) is 6.02. The molecular formula is C27H33N5O. The highest BCUT2D eigenvalue weighted by molar-refractivity contribution is 5.79. The molecule has 172 valence electrons. The molecular weight excluding hydrogens is 410 g/mol. The average molecular weight is 444 g/mol. The van der Waals surface area contributed by atoms with Crippen LogP contribution in [0.4, 0.5) is 0 Å². The molecule has 1 aliphatic rings. The molecule has 1 fully saturated rings. The van der Waals surface area contributed by atoms with E-state index < -0.39 is 0 Å². The first-order chi connectivity index (χ1) is 16.2. The summed E-state index contributed by atoms with van der Waals surface area (Å²) in [6.07, 6.45) is 10.1. The number of benzene rings is 1. The van der Waals surface area contributed by atoms with Crippen LogP contribution in [0, 0.1) is 5.92 Å². The van der Waals surface area contributed by atoms with Crippen molar-refractivity contribution in [3.63, 3.8) is 0 Å². The smallest absolute Gasteiger partial charge is 0.227 e. The fourth-order valence-electron chi connectivity index (χ4n) is 4.45. The zero-order chi connectivity index (χ0) is 23.0. The Morgan fingerprint density at radius 3 is 2.39 bits per heavy atom. The van der Waals surface area contributed by atoms with Gasteiger partial charge in [-0.05, 0) is 35.6 Å². The van der Waals surface area contributed by atoms with Gasteiger partial charge in [-0.15, -0.1) is 0 Å². The fraction of sp³-hybridized carbons (Fsp3) is 0.407. The minimum Gasteiger partial charge on any atom is -0.341 e. The van der Waals surface area contributed by atoms with Crippen molar-refractivity contribution < 1.29 is 4.79 Å². The molecule has 3 aromatic rings. The van der Waals surface area contributed by atoms with Crippen LogP contribution in [0.25, 0.3) is 11.1 Å². The van der Waals surface area contributed by atoms with Crippen molar-refractivity contribution in [3.8, 4) is 11.1 Å². The summed E-state index contributed by atoms with van der Waals surface area (Å²) in [5.41, 5.74) is 4.54. The normalized spacial score (nSPS) is 17.2. The molecule has 0 unspecified atom stereocenters. The fourth-order valence-corrected chi connectivity index (χ4v) is 4.45. The second-order valence-corrected chi connectivity index (χ2v) is 8.76. The molecule has 0 bridgehead atoms. The molecule has 0 aliphatic carbocycles. The quantitative estimate of drug-likeness (QED) is 0.526. The zero-order valence-corrected chi connectivity index (χ0v) is 19.7. The molecule has 1 saturated heterocycles. The van der Waals surface area contributed by atoms with Crippen molar-refractivity contribution in [1.29, 1.82) is 0 Å². The second-order valence-electron chi connectivity index (χ2n) is 8.76. The summed E-state index contributed by atoms with van der Waals surface area (Å²) in [6, 6.07) is 12.6. The van der Waals surface area contributed by atoms with Gasteiger partial charge in [-0.25, -0.2) is 9.97 Å². The van der Waals surface area contributed by atoms with E-state index in [0.717, 1.165) is 74.5 Å². The van der Waals surface area contributed by atoms with Gasteiger partial charge in [-0.3, -0.25) is 14.7 Å². The Morgan fingerprint density at radius 1 is 0.939 bits per heavy atom. The Balaban J connectivity index is 1.48. The molecule has 1 atom stereocenters. The number of carbonyl (C=O) groups is 1. The maximum atomic E-state index is 13.4. The third-order valence-electron chi connectivity index (χ3n) is 6.23. The molecule has 0 spiro atoms. The summed E-state index contributed by atoms with van der Waals surface area (Å²) in [6.45, 7) is 8.18. The van der Waals surface area contributed by atoms with Crippen molar-refractivity contribution in [1.82, 2.24) is 24.8 Å². The summed E-state index contributed by atoms with van der Waals surface area (Å²) < 4.78 is 0. The number of pyridine rings is 1. The Morgan fingerprint density at radius 2 is 1.73 bits per heavy atom. The first-order valence-corrected chi connectivity index (χ1v) is 12.0. The van der Waals surface area contributed by atoms with E-state index in [4.69, 9.17) is 0 Å². The van der Waals surface area contributed by atoms with Gasteiger partial charge in [0.05, 0.1) is 5.92 Å². The maximum Gasteiger partial charge on any atom is 0.227 e. The Kier molecular flexibility index (Phi) is 7.79. The summed E-state index contributed by atoms with van der Waals surface area (Å²) in [5, 5.41) is 0. The van der Waals surface area contributed by atoms with Crippen LogP contribution in [0.15, 0.2) is 61.2 Å². The highest BCUT2D eigenvalue weighted by Gasteiger charge is 2.30. The van der Waals surface area contributed by atoms with Crippen molar-refractivity contribution in [2.24, 2.45) is 5.92 Å². The van der Waals surface area contributed by atoms with Crippen molar-refractivity contribution in [2.45, 2.75) is 39.7 Å². The summed E-state index contributed by atoms with van der Waals surface area (Å²) in [7, 11) is 0. The Bertz CT molecular complexity index is 1020. The monoisotopic (exact) mass is 443 g/mol. The Labute approximate surface area is 196 Å². The van der Waals surface area contributed by atoms with Gasteiger partial charge in [0.15, 0.2) is 0 Å². The van der Waals surface area contributed by atoms with E-state index in [2.05, 4.69) is 64.0 Å². The van der Waals surface area contributed by atoms with E-state index in [1.807, 2.05) is 29.6 Å². The standard InChI is InChI=1S/C27H33N5O/c1-3-12-32-14-13-31(19-22-16-29-26(4-2)30-17-22)20-25(27(32)33)15-21-7-9-23(10-8-21)24-6-5-11-28-18-24/h5-11,16-18,25H,3-4,12-15,19-20H2,1-2H3/t25-/m0/s1. The van der Waals surface area contributed by atoms with E-state index in [0.29, 0.717) is 0 Å². The summed E-state index contributed by atoms with van der Waals surface area (Å²) in [4.78, 5) is 30.9. The summed E-state index contributed by atoms with van der Waals surface area (Å²) in [5.74, 6) is 1.08. The predicted molar refractivity (Wildman–Crippen MR) is 130 cm³/mol. The van der Waals surface area contributed by atoms with E-state index >= 15 is 0 Å². The number of carbonyl (C=O) groups excluding carboxylic acids is 1. The zero-order valence-electron chi connectivity index (χ0n) is 19.7. The molecule has 3 heterocycles. The molecule has 33 heavy (non-hydrogen) atoms. The van der Waals surface area contributed by atoms with Crippen molar-refractivity contribution in [2.75, 3.05) is 26.2 Å². The van der Waals surface area contributed by atoms with Gasteiger partial charge in [-0.1, -0.05) is 44.2 Å². The van der Waals surface area contributed by atoms with Crippen LogP contribution >= 0.6 is 0 Å². The topological polar surface area (TPSA) is 62.2 Å². The lowest BCUT2D eigenvalue weighted by Gasteiger charge is -2.24. The van der Waals surface area contributed by atoms with Crippen LogP contribution in [0.2, 0.25) is 0 Å². The highest BCUT2D eigenvalue weighted by Crippen LogP contribution is 2.22. The second kappa shape index (κ2) is 11.1. The molecule has 0 N–H and O–H groups in total. The minimum absolute atomic E-state index is 0.0564. The molecule has 4 rings (SSSR count). The number of rotatable bonds is 8. The van der Waals surface area contributed by atoms with Gasteiger partial charge in [0.25, 0.3) is 0 Å². The summed E-state index contributed by atoms with van der Waals surface area (Å²) >= 11 is 0. The number of nitrogens with zero attached hydrogens (tertiary/aromatic N) is 5. The van der Waals surface area contributed by atoms with E-state index in [1.54, 1.807) is 6.20 Å². The van der Waals surface area contributed by atoms with E-state index in [9.17, 15) is 4.79 Å². The van der Waals surface area contributed by atoms with E-state index in [-0.39, 0.29) is 11.8 Å². The lowest BCUT2D eigenvalue weighted by atomic mass is 9.96.